The molecule has 96 valence electrons. The van der Waals surface area contributed by atoms with E-state index in [1.165, 1.54) is 12.7 Å². The molecule has 0 radical (unpaired) electrons. The predicted molar refractivity (Wildman–Crippen MR) is 72.4 cm³/mol. The van der Waals surface area contributed by atoms with Gasteiger partial charge >= 0.3 is 0 Å². The minimum Gasteiger partial charge on any atom is -0.399 e. The van der Waals surface area contributed by atoms with Crippen molar-refractivity contribution < 1.29 is 0 Å². The van der Waals surface area contributed by atoms with Crippen LogP contribution in [0.1, 0.15) is 18.8 Å². The quantitative estimate of drug-likeness (QED) is 0.612. The number of fused-ring (bicyclic) bond motifs is 1. The molecule has 1 aromatic carbocycles. The molecule has 1 atom stereocenters. The number of aromatic nitrogens is 5. The number of nitrogen functional groups attached to an aromatic ring is 1. The molecule has 0 bridgehead atoms. The predicted octanol–water partition coefficient (Wildman–Crippen LogP) is 1.50. The zero-order valence-corrected chi connectivity index (χ0v) is 10.3. The highest BCUT2D eigenvalue weighted by atomic mass is 15.2. The van der Waals surface area contributed by atoms with Gasteiger partial charge in [-0.1, -0.05) is 0 Å². The summed E-state index contributed by atoms with van der Waals surface area (Å²) in [5.41, 5.74) is 7.33. The lowest BCUT2D eigenvalue weighted by atomic mass is 10.2. The van der Waals surface area contributed by atoms with Gasteiger partial charge in [0.1, 0.15) is 24.3 Å². The fourth-order valence-electron chi connectivity index (χ4n) is 1.89. The Hall–Kier alpha value is -2.70. The summed E-state index contributed by atoms with van der Waals surface area (Å²) in [4.78, 5) is 12.6. The molecule has 7 heteroatoms. The summed E-state index contributed by atoms with van der Waals surface area (Å²) in [7, 11) is 0. The fraction of sp³-hybridized carbons (Fsp3) is 0.167. The average Bonchev–Trinajstić information content (AvgIpc) is 2.93. The largest absolute Gasteiger partial charge is 0.399 e. The smallest absolute Gasteiger partial charge is 0.146 e. The molecule has 0 aliphatic carbocycles. The molecule has 0 amide bonds. The fourth-order valence-corrected chi connectivity index (χ4v) is 1.89. The van der Waals surface area contributed by atoms with Crippen LogP contribution in [0, 0.1) is 0 Å². The third-order valence-electron chi connectivity index (χ3n) is 2.86. The van der Waals surface area contributed by atoms with Gasteiger partial charge in [-0.15, -0.1) is 0 Å². The second-order valence-corrected chi connectivity index (χ2v) is 4.24. The highest BCUT2D eigenvalue weighted by Crippen LogP contribution is 2.24. The zero-order valence-electron chi connectivity index (χ0n) is 10.3. The van der Waals surface area contributed by atoms with E-state index >= 15 is 0 Å². The summed E-state index contributed by atoms with van der Waals surface area (Å²) in [6.07, 6.45) is 3.00. The first-order chi connectivity index (χ1) is 9.24. The van der Waals surface area contributed by atoms with Gasteiger partial charge in [-0.25, -0.2) is 15.0 Å². The highest BCUT2D eigenvalue weighted by Gasteiger charge is 2.11. The van der Waals surface area contributed by atoms with Crippen LogP contribution < -0.4 is 11.1 Å². The molecule has 0 aliphatic rings. The number of nitrogens with one attached hydrogen (secondary N) is 2. The standard InChI is InChI=1S/C12H13N7/c1-7(11-16-6-17-19-11)18-12-9-4-8(13)2-3-10(9)14-5-15-12/h2-7H,13H2,1H3,(H,14,15,18)(H,16,17,19). The summed E-state index contributed by atoms with van der Waals surface area (Å²) < 4.78 is 0. The van der Waals surface area contributed by atoms with Crippen LogP contribution in [0.3, 0.4) is 0 Å². The van der Waals surface area contributed by atoms with Crippen molar-refractivity contribution in [3.8, 4) is 0 Å². The Morgan fingerprint density at radius 2 is 2.11 bits per heavy atom. The van der Waals surface area contributed by atoms with Crippen LogP contribution in [0.15, 0.2) is 30.9 Å². The van der Waals surface area contributed by atoms with E-state index in [0.717, 1.165) is 22.5 Å². The molecule has 7 nitrogen and oxygen atoms in total. The molecule has 1 unspecified atom stereocenters. The van der Waals surface area contributed by atoms with Crippen LogP contribution in [-0.2, 0) is 0 Å². The van der Waals surface area contributed by atoms with E-state index in [2.05, 4.69) is 30.5 Å². The van der Waals surface area contributed by atoms with Crippen LogP contribution in [0.25, 0.3) is 10.9 Å². The molecule has 2 aromatic heterocycles. The first-order valence-electron chi connectivity index (χ1n) is 5.86. The van der Waals surface area contributed by atoms with E-state index in [9.17, 15) is 0 Å². The molecule has 0 aliphatic heterocycles. The lowest BCUT2D eigenvalue weighted by molar-refractivity contribution is 0.791. The van der Waals surface area contributed by atoms with E-state index < -0.39 is 0 Å². The number of H-pyrrole nitrogens is 1. The van der Waals surface area contributed by atoms with Crippen molar-refractivity contribution in [1.82, 2.24) is 25.1 Å². The molecule has 0 saturated heterocycles. The number of aromatic amines is 1. The molecule has 19 heavy (non-hydrogen) atoms. The minimum atomic E-state index is -0.0398. The van der Waals surface area contributed by atoms with Crippen molar-refractivity contribution >= 4 is 22.4 Å². The second-order valence-electron chi connectivity index (χ2n) is 4.24. The number of anilines is 2. The molecular formula is C12H13N7. The number of hydrogen-bond donors (Lipinski definition) is 3. The maximum Gasteiger partial charge on any atom is 0.146 e. The van der Waals surface area contributed by atoms with Crippen molar-refractivity contribution in [2.75, 3.05) is 11.1 Å². The number of hydrogen-bond acceptors (Lipinski definition) is 6. The Morgan fingerprint density at radius 1 is 1.21 bits per heavy atom. The van der Waals surface area contributed by atoms with Gasteiger partial charge in [-0.05, 0) is 25.1 Å². The summed E-state index contributed by atoms with van der Waals surface area (Å²) >= 11 is 0. The van der Waals surface area contributed by atoms with Gasteiger partial charge < -0.3 is 11.1 Å². The van der Waals surface area contributed by atoms with Crippen LogP contribution in [0.2, 0.25) is 0 Å². The van der Waals surface area contributed by atoms with E-state index in [4.69, 9.17) is 5.73 Å². The van der Waals surface area contributed by atoms with Crippen LogP contribution in [-0.4, -0.2) is 25.1 Å². The van der Waals surface area contributed by atoms with Crippen molar-refractivity contribution in [3.63, 3.8) is 0 Å². The first-order valence-corrected chi connectivity index (χ1v) is 5.86. The first kappa shape index (κ1) is 11.4. The third-order valence-corrected chi connectivity index (χ3v) is 2.86. The van der Waals surface area contributed by atoms with Gasteiger partial charge in [0.05, 0.1) is 11.6 Å². The number of benzene rings is 1. The minimum absolute atomic E-state index is 0.0398. The molecule has 2 heterocycles. The van der Waals surface area contributed by atoms with Gasteiger partial charge in [0.25, 0.3) is 0 Å². The summed E-state index contributed by atoms with van der Waals surface area (Å²) in [6.45, 7) is 1.97. The van der Waals surface area contributed by atoms with Crippen molar-refractivity contribution in [2.45, 2.75) is 13.0 Å². The van der Waals surface area contributed by atoms with Crippen LogP contribution >= 0.6 is 0 Å². The SMILES string of the molecule is CC(Nc1ncnc2ccc(N)cc12)c1ncn[nH]1. The molecule has 0 spiro atoms. The van der Waals surface area contributed by atoms with Crippen molar-refractivity contribution in [2.24, 2.45) is 0 Å². The van der Waals surface area contributed by atoms with Crippen molar-refractivity contribution in [1.29, 1.82) is 0 Å². The molecule has 4 N–H and O–H groups in total. The van der Waals surface area contributed by atoms with Gasteiger partial charge in [-0.2, -0.15) is 5.10 Å². The average molecular weight is 255 g/mol. The molecule has 0 fully saturated rings. The Labute approximate surface area is 109 Å². The Kier molecular flexibility index (Phi) is 2.71. The molecule has 3 aromatic rings. The lowest BCUT2D eigenvalue weighted by Gasteiger charge is -2.13. The Balaban J connectivity index is 1.98. The monoisotopic (exact) mass is 255 g/mol. The third kappa shape index (κ3) is 2.17. The van der Waals surface area contributed by atoms with Crippen molar-refractivity contribution in [3.05, 3.63) is 36.7 Å². The highest BCUT2D eigenvalue weighted by molar-refractivity contribution is 5.91. The second kappa shape index (κ2) is 4.52. The van der Waals surface area contributed by atoms with Crippen LogP contribution in [0.5, 0.6) is 0 Å². The number of rotatable bonds is 3. The number of nitrogens with two attached hydrogens (primary N) is 1. The van der Waals surface area contributed by atoms with Gasteiger partial charge in [0.2, 0.25) is 0 Å². The summed E-state index contributed by atoms with van der Waals surface area (Å²) in [6, 6.07) is 5.50. The van der Waals surface area contributed by atoms with E-state index in [1.54, 1.807) is 0 Å². The maximum absolute atomic E-state index is 5.81. The van der Waals surface area contributed by atoms with Gasteiger partial charge in [-0.3, -0.25) is 5.10 Å². The molecule has 3 rings (SSSR count). The zero-order chi connectivity index (χ0) is 13.2. The Bertz CT molecular complexity index is 692. The lowest BCUT2D eigenvalue weighted by Crippen LogP contribution is -2.10. The molecule has 0 saturated carbocycles. The summed E-state index contributed by atoms with van der Waals surface area (Å²) in [5.74, 6) is 1.47. The normalized spacial score (nSPS) is 12.5. The number of nitrogens with zero attached hydrogens (tertiary/aromatic N) is 4. The maximum atomic E-state index is 5.81. The van der Waals surface area contributed by atoms with Crippen LogP contribution in [0.4, 0.5) is 11.5 Å². The molecular weight excluding hydrogens is 242 g/mol. The van der Waals surface area contributed by atoms with E-state index in [-0.39, 0.29) is 6.04 Å². The summed E-state index contributed by atoms with van der Waals surface area (Å²) in [5, 5.41) is 10.8. The van der Waals surface area contributed by atoms with E-state index in [0.29, 0.717) is 5.69 Å². The Morgan fingerprint density at radius 3 is 2.89 bits per heavy atom. The van der Waals surface area contributed by atoms with Gasteiger partial charge in [0, 0.05) is 11.1 Å². The van der Waals surface area contributed by atoms with Gasteiger partial charge in [0.15, 0.2) is 0 Å². The van der Waals surface area contributed by atoms with E-state index in [1.807, 2.05) is 25.1 Å². The topological polar surface area (TPSA) is 105 Å².